The fraction of sp³-hybridized carbons (Fsp3) is 0.350. The van der Waals surface area contributed by atoms with E-state index in [-0.39, 0.29) is 25.3 Å². The molecule has 0 saturated carbocycles. The third-order valence-corrected chi connectivity index (χ3v) is 5.72. The Morgan fingerprint density at radius 1 is 1.10 bits per heavy atom. The Labute approximate surface area is 178 Å². The van der Waals surface area contributed by atoms with E-state index in [0.29, 0.717) is 22.3 Å². The van der Waals surface area contributed by atoms with E-state index in [0.717, 1.165) is 24.0 Å². The summed E-state index contributed by atoms with van der Waals surface area (Å²) in [5.74, 6) is -0.304. The number of amides is 1. The zero-order valence-corrected chi connectivity index (χ0v) is 17.8. The zero-order valence-electron chi connectivity index (χ0n) is 16.2. The summed E-state index contributed by atoms with van der Waals surface area (Å²) < 4.78 is 64.6. The van der Waals surface area contributed by atoms with E-state index < -0.39 is 27.5 Å². The predicted molar refractivity (Wildman–Crippen MR) is 111 cm³/mol. The molecule has 5 nitrogen and oxygen atoms in total. The Bertz CT molecular complexity index is 964. The smallest absolute Gasteiger partial charge is 0.356 e. The van der Waals surface area contributed by atoms with Crippen LogP contribution >= 0.6 is 11.6 Å². The van der Waals surface area contributed by atoms with E-state index in [4.69, 9.17) is 11.6 Å². The van der Waals surface area contributed by atoms with Gasteiger partial charge in [0.05, 0.1) is 17.5 Å². The summed E-state index contributed by atoms with van der Waals surface area (Å²) in [5, 5.41) is 3.33. The minimum atomic E-state index is -4.70. The number of hydrogen-bond acceptors (Lipinski definition) is 3. The number of sulfonamides is 1. The molecule has 0 aliphatic heterocycles. The Kier molecular flexibility index (Phi) is 8.14. The van der Waals surface area contributed by atoms with Crippen molar-refractivity contribution in [3.8, 4) is 0 Å². The Morgan fingerprint density at radius 2 is 1.73 bits per heavy atom. The highest BCUT2D eigenvalue weighted by Gasteiger charge is 2.36. The van der Waals surface area contributed by atoms with E-state index >= 15 is 0 Å². The minimum absolute atomic E-state index is 0.0131. The highest BCUT2D eigenvalue weighted by Crippen LogP contribution is 2.37. The third-order valence-electron chi connectivity index (χ3n) is 4.29. The number of para-hydroxylation sites is 1. The van der Waals surface area contributed by atoms with Crippen LogP contribution in [0.25, 0.3) is 0 Å². The summed E-state index contributed by atoms with van der Waals surface area (Å²) in [6.45, 7) is 0.143. The number of halogens is 4. The number of benzene rings is 2. The van der Waals surface area contributed by atoms with Gasteiger partial charge in [-0.3, -0.25) is 9.10 Å². The lowest BCUT2D eigenvalue weighted by Crippen LogP contribution is -2.34. The van der Waals surface area contributed by atoms with Crippen molar-refractivity contribution in [1.82, 2.24) is 5.32 Å². The maximum Gasteiger partial charge on any atom is 0.418 e. The molecule has 0 aliphatic carbocycles. The summed E-state index contributed by atoms with van der Waals surface area (Å²) in [5.41, 5.74) is -0.495. The molecule has 2 rings (SSSR count). The Hall–Kier alpha value is -2.26. The average molecular weight is 463 g/mol. The molecule has 0 saturated heterocycles. The van der Waals surface area contributed by atoms with Gasteiger partial charge in [0.15, 0.2) is 0 Å². The molecule has 10 heteroatoms. The summed E-state index contributed by atoms with van der Waals surface area (Å²) in [6.07, 6.45) is -3.20. The van der Waals surface area contributed by atoms with Crippen molar-refractivity contribution in [2.75, 3.05) is 23.7 Å². The second-order valence-electron chi connectivity index (χ2n) is 6.68. The number of carbonyl (C=O) groups is 1. The van der Waals surface area contributed by atoms with Gasteiger partial charge in [-0.1, -0.05) is 35.9 Å². The first-order valence-corrected chi connectivity index (χ1v) is 11.4. The Balaban J connectivity index is 1.93. The van der Waals surface area contributed by atoms with E-state index in [1.54, 1.807) is 12.1 Å². The van der Waals surface area contributed by atoms with Crippen LogP contribution in [0.1, 0.15) is 24.0 Å². The SMILES string of the molecule is CS(=O)(=O)N(CCCC(=O)NCCc1ccc(Cl)cc1)c1ccccc1C(F)(F)F. The summed E-state index contributed by atoms with van der Waals surface area (Å²) >= 11 is 5.81. The minimum Gasteiger partial charge on any atom is -0.356 e. The molecule has 2 aromatic carbocycles. The molecule has 1 amide bonds. The van der Waals surface area contributed by atoms with E-state index in [9.17, 15) is 26.4 Å². The molecule has 0 aliphatic rings. The normalized spacial score (nSPS) is 11.9. The molecule has 0 unspecified atom stereocenters. The monoisotopic (exact) mass is 462 g/mol. The van der Waals surface area contributed by atoms with Gasteiger partial charge in [-0.25, -0.2) is 8.42 Å². The van der Waals surface area contributed by atoms with Crippen molar-refractivity contribution in [2.24, 2.45) is 0 Å². The lowest BCUT2D eigenvalue weighted by atomic mass is 10.1. The van der Waals surface area contributed by atoms with Crippen LogP contribution in [-0.2, 0) is 27.4 Å². The molecular weight excluding hydrogens is 441 g/mol. The molecule has 1 N–H and O–H groups in total. The number of alkyl halides is 3. The van der Waals surface area contributed by atoms with Crippen molar-refractivity contribution in [3.05, 3.63) is 64.7 Å². The number of nitrogens with zero attached hydrogens (tertiary/aromatic N) is 1. The summed E-state index contributed by atoms with van der Waals surface area (Å²) in [7, 11) is -3.96. The van der Waals surface area contributed by atoms with Gasteiger partial charge < -0.3 is 5.32 Å². The number of carbonyl (C=O) groups excluding carboxylic acids is 1. The lowest BCUT2D eigenvalue weighted by Gasteiger charge is -2.25. The number of hydrogen-bond donors (Lipinski definition) is 1. The quantitative estimate of drug-likeness (QED) is 0.605. The maximum absolute atomic E-state index is 13.3. The van der Waals surface area contributed by atoms with Gasteiger partial charge in [0, 0.05) is 24.5 Å². The average Bonchev–Trinajstić information content (AvgIpc) is 2.65. The summed E-state index contributed by atoms with van der Waals surface area (Å²) in [6, 6.07) is 11.7. The fourth-order valence-electron chi connectivity index (χ4n) is 2.86. The first-order chi connectivity index (χ1) is 14.0. The van der Waals surface area contributed by atoms with Gasteiger partial charge >= 0.3 is 6.18 Å². The van der Waals surface area contributed by atoms with Gasteiger partial charge in [0.2, 0.25) is 15.9 Å². The van der Waals surface area contributed by atoms with Crippen molar-refractivity contribution >= 4 is 33.2 Å². The maximum atomic E-state index is 13.3. The first kappa shape index (κ1) is 24.0. The van der Waals surface area contributed by atoms with Crippen LogP contribution in [-0.4, -0.2) is 33.7 Å². The van der Waals surface area contributed by atoms with Crippen molar-refractivity contribution in [2.45, 2.75) is 25.4 Å². The second kappa shape index (κ2) is 10.2. The highest BCUT2D eigenvalue weighted by atomic mass is 35.5. The topological polar surface area (TPSA) is 66.5 Å². The predicted octanol–water partition coefficient (Wildman–Crippen LogP) is 4.26. The molecule has 0 heterocycles. The van der Waals surface area contributed by atoms with E-state index in [2.05, 4.69) is 5.32 Å². The number of anilines is 1. The number of rotatable bonds is 9. The van der Waals surface area contributed by atoms with Gasteiger partial charge in [-0.05, 0) is 42.7 Å². The molecule has 164 valence electrons. The molecule has 0 fully saturated rings. The molecule has 0 radical (unpaired) electrons. The van der Waals surface area contributed by atoms with Crippen LogP contribution in [0, 0.1) is 0 Å². The lowest BCUT2D eigenvalue weighted by molar-refractivity contribution is -0.137. The van der Waals surface area contributed by atoms with Crippen LogP contribution in [0.15, 0.2) is 48.5 Å². The van der Waals surface area contributed by atoms with Gasteiger partial charge in [-0.2, -0.15) is 13.2 Å². The van der Waals surface area contributed by atoms with Crippen molar-refractivity contribution in [1.29, 1.82) is 0 Å². The van der Waals surface area contributed by atoms with E-state index in [1.165, 1.54) is 12.1 Å². The first-order valence-electron chi connectivity index (χ1n) is 9.13. The highest BCUT2D eigenvalue weighted by molar-refractivity contribution is 7.92. The van der Waals surface area contributed by atoms with Crippen LogP contribution in [0.3, 0.4) is 0 Å². The van der Waals surface area contributed by atoms with Crippen molar-refractivity contribution in [3.63, 3.8) is 0 Å². The Morgan fingerprint density at radius 3 is 2.33 bits per heavy atom. The van der Waals surface area contributed by atoms with Crippen LogP contribution < -0.4 is 9.62 Å². The molecule has 0 bridgehead atoms. The van der Waals surface area contributed by atoms with Crippen LogP contribution in [0.2, 0.25) is 5.02 Å². The van der Waals surface area contributed by atoms with Crippen LogP contribution in [0.4, 0.5) is 18.9 Å². The summed E-state index contributed by atoms with van der Waals surface area (Å²) in [4.78, 5) is 12.0. The number of nitrogens with one attached hydrogen (secondary N) is 1. The fourth-order valence-corrected chi connectivity index (χ4v) is 3.97. The standard InChI is InChI=1S/C20H22ClF3N2O3S/c1-30(28,29)26(18-6-3-2-5-17(18)20(22,23)24)14-4-7-19(27)25-13-12-15-8-10-16(21)11-9-15/h2-3,5-6,8-11H,4,7,12-14H2,1H3,(H,25,27). The van der Waals surface area contributed by atoms with Gasteiger partial charge in [-0.15, -0.1) is 0 Å². The largest absolute Gasteiger partial charge is 0.418 e. The van der Waals surface area contributed by atoms with Gasteiger partial charge in [0.25, 0.3) is 0 Å². The van der Waals surface area contributed by atoms with Crippen molar-refractivity contribution < 1.29 is 26.4 Å². The molecule has 30 heavy (non-hydrogen) atoms. The van der Waals surface area contributed by atoms with Gasteiger partial charge in [0.1, 0.15) is 0 Å². The third kappa shape index (κ3) is 7.21. The molecule has 0 spiro atoms. The van der Waals surface area contributed by atoms with E-state index in [1.807, 2.05) is 12.1 Å². The molecular formula is C20H22ClF3N2O3S. The molecule has 0 atom stereocenters. The molecule has 2 aromatic rings. The molecule has 0 aromatic heterocycles. The zero-order chi connectivity index (χ0) is 22.4. The second-order valence-corrected chi connectivity index (χ2v) is 9.02. The van der Waals surface area contributed by atoms with Crippen LogP contribution in [0.5, 0.6) is 0 Å².